The lowest BCUT2D eigenvalue weighted by Gasteiger charge is -2.20. The third-order valence-electron chi connectivity index (χ3n) is 2.49. The monoisotopic (exact) mass is 315 g/mol. The molecule has 0 radical (unpaired) electrons. The van der Waals surface area contributed by atoms with Crippen LogP contribution in [0.4, 0.5) is 0 Å². The summed E-state index contributed by atoms with van der Waals surface area (Å²) in [7, 11) is 0. The number of halogens is 1. The van der Waals surface area contributed by atoms with Crippen molar-refractivity contribution in [1.29, 1.82) is 0 Å². The molecular formula is C10H10BrN3O2S. The van der Waals surface area contributed by atoms with Gasteiger partial charge >= 0.3 is 0 Å². The van der Waals surface area contributed by atoms with Crippen LogP contribution in [0.3, 0.4) is 0 Å². The Bertz CT molecular complexity index is 507. The Kier molecular flexibility index (Phi) is 3.24. The summed E-state index contributed by atoms with van der Waals surface area (Å²) in [5.74, 6) is 1.20. The summed E-state index contributed by atoms with van der Waals surface area (Å²) in [6, 6.07) is 1.99. The number of thiophene rings is 1. The van der Waals surface area contributed by atoms with Gasteiger partial charge in [0.25, 0.3) is 5.89 Å². The molecule has 1 fully saturated rings. The highest BCUT2D eigenvalue weighted by atomic mass is 79.9. The summed E-state index contributed by atoms with van der Waals surface area (Å²) in [6.45, 7) is 2.14. The van der Waals surface area contributed by atoms with E-state index in [9.17, 15) is 0 Å². The maximum Gasteiger partial charge on any atom is 0.269 e. The van der Waals surface area contributed by atoms with Crippen LogP contribution < -0.4 is 5.32 Å². The van der Waals surface area contributed by atoms with Crippen molar-refractivity contribution in [1.82, 2.24) is 15.5 Å². The van der Waals surface area contributed by atoms with Crippen LogP contribution in [0.15, 0.2) is 20.4 Å². The van der Waals surface area contributed by atoms with Crippen LogP contribution in [0, 0.1) is 0 Å². The van der Waals surface area contributed by atoms with Gasteiger partial charge in [0.05, 0.1) is 19.3 Å². The van der Waals surface area contributed by atoms with E-state index in [1.807, 2.05) is 11.4 Å². The Morgan fingerprint density at radius 1 is 1.53 bits per heavy atom. The Balaban J connectivity index is 1.85. The molecule has 0 aliphatic carbocycles. The molecule has 0 spiro atoms. The van der Waals surface area contributed by atoms with E-state index in [1.54, 1.807) is 11.3 Å². The first kappa shape index (κ1) is 11.3. The first-order chi connectivity index (χ1) is 8.34. The molecule has 5 nitrogen and oxygen atoms in total. The van der Waals surface area contributed by atoms with Crippen molar-refractivity contribution in [3.63, 3.8) is 0 Å². The molecule has 1 atom stereocenters. The smallest absolute Gasteiger partial charge is 0.269 e. The van der Waals surface area contributed by atoms with Crippen LogP contribution in [0.1, 0.15) is 11.9 Å². The highest BCUT2D eigenvalue weighted by Crippen LogP contribution is 2.32. The quantitative estimate of drug-likeness (QED) is 0.920. The number of morpholine rings is 1. The lowest BCUT2D eigenvalue weighted by molar-refractivity contribution is 0.0734. The van der Waals surface area contributed by atoms with Gasteiger partial charge in [-0.3, -0.25) is 0 Å². The third kappa shape index (κ3) is 2.28. The summed E-state index contributed by atoms with van der Waals surface area (Å²) in [5.41, 5.74) is 0. The Labute approximate surface area is 110 Å². The van der Waals surface area contributed by atoms with E-state index in [1.165, 1.54) is 0 Å². The number of hydrogen-bond acceptors (Lipinski definition) is 6. The number of nitrogens with one attached hydrogen (secondary N) is 1. The number of hydrogen-bond donors (Lipinski definition) is 1. The molecule has 0 aromatic carbocycles. The second-order valence-corrected chi connectivity index (χ2v) is 5.41. The maximum absolute atomic E-state index is 5.37. The molecule has 1 aliphatic rings. The molecule has 1 unspecified atom stereocenters. The molecule has 7 heteroatoms. The fourth-order valence-corrected chi connectivity index (χ4v) is 3.11. The van der Waals surface area contributed by atoms with E-state index < -0.39 is 0 Å². The van der Waals surface area contributed by atoms with Crippen LogP contribution >= 0.6 is 27.3 Å². The van der Waals surface area contributed by atoms with Gasteiger partial charge in [-0.2, -0.15) is 4.98 Å². The minimum Gasteiger partial charge on any atom is -0.378 e. The van der Waals surface area contributed by atoms with Crippen LogP contribution in [-0.2, 0) is 4.74 Å². The van der Waals surface area contributed by atoms with Gasteiger partial charge in [-0.25, -0.2) is 0 Å². The minimum atomic E-state index is 0.0278. The molecule has 17 heavy (non-hydrogen) atoms. The Morgan fingerprint density at radius 2 is 2.47 bits per heavy atom. The summed E-state index contributed by atoms with van der Waals surface area (Å²) < 4.78 is 11.6. The molecular weight excluding hydrogens is 306 g/mol. The lowest BCUT2D eigenvalue weighted by atomic mass is 10.2. The number of rotatable bonds is 2. The standard InChI is InChI=1S/C10H10BrN3O2S/c11-6-1-4-17-8(6)10-13-9(14-16-10)7-5-15-3-2-12-7/h1,4,7,12H,2-3,5H2. The van der Waals surface area contributed by atoms with Crippen molar-refractivity contribution in [2.24, 2.45) is 0 Å². The van der Waals surface area contributed by atoms with E-state index in [0.29, 0.717) is 18.3 Å². The first-order valence-corrected chi connectivity index (χ1v) is 6.90. The van der Waals surface area contributed by atoms with Crippen molar-refractivity contribution >= 4 is 27.3 Å². The Hall–Kier alpha value is -0.760. The van der Waals surface area contributed by atoms with Crippen LogP contribution in [-0.4, -0.2) is 29.9 Å². The maximum atomic E-state index is 5.37. The van der Waals surface area contributed by atoms with Gasteiger partial charge in [-0.05, 0) is 27.4 Å². The van der Waals surface area contributed by atoms with Gasteiger partial charge in [0.15, 0.2) is 5.82 Å². The van der Waals surface area contributed by atoms with Crippen molar-refractivity contribution in [2.45, 2.75) is 6.04 Å². The SMILES string of the molecule is Brc1ccsc1-c1nc(C2COCCN2)no1. The average Bonchev–Trinajstić information content (AvgIpc) is 2.98. The molecule has 2 aromatic heterocycles. The van der Waals surface area contributed by atoms with E-state index >= 15 is 0 Å². The van der Waals surface area contributed by atoms with E-state index in [4.69, 9.17) is 9.26 Å². The summed E-state index contributed by atoms with van der Waals surface area (Å²) in [4.78, 5) is 5.36. The molecule has 3 rings (SSSR count). The normalized spacial score (nSPS) is 20.6. The van der Waals surface area contributed by atoms with Gasteiger partial charge in [0, 0.05) is 11.0 Å². The molecule has 1 aliphatic heterocycles. The fourth-order valence-electron chi connectivity index (χ4n) is 1.65. The molecule has 1 saturated heterocycles. The predicted molar refractivity (Wildman–Crippen MR) is 66.9 cm³/mol. The van der Waals surface area contributed by atoms with Crippen LogP contribution in [0.2, 0.25) is 0 Å². The topological polar surface area (TPSA) is 60.2 Å². The molecule has 2 aromatic rings. The van der Waals surface area contributed by atoms with Gasteiger partial charge in [-0.15, -0.1) is 11.3 Å². The van der Waals surface area contributed by atoms with Gasteiger partial charge in [-0.1, -0.05) is 5.16 Å². The zero-order valence-electron chi connectivity index (χ0n) is 8.85. The van der Waals surface area contributed by atoms with Gasteiger partial charge < -0.3 is 14.6 Å². The Morgan fingerprint density at radius 3 is 3.18 bits per heavy atom. The third-order valence-corrected chi connectivity index (χ3v) is 4.31. The molecule has 0 bridgehead atoms. The number of aromatic nitrogens is 2. The predicted octanol–water partition coefficient (Wildman–Crippen LogP) is 2.22. The summed E-state index contributed by atoms with van der Waals surface area (Å²) >= 11 is 5.02. The average molecular weight is 316 g/mol. The van der Waals surface area contributed by atoms with E-state index in [2.05, 4.69) is 31.4 Å². The van der Waals surface area contributed by atoms with Gasteiger partial charge in [0.1, 0.15) is 4.88 Å². The molecule has 90 valence electrons. The molecule has 3 heterocycles. The lowest BCUT2D eigenvalue weighted by Crippen LogP contribution is -2.35. The summed E-state index contributed by atoms with van der Waals surface area (Å²) in [5, 5.41) is 9.26. The number of nitrogens with zero attached hydrogens (tertiary/aromatic N) is 2. The largest absolute Gasteiger partial charge is 0.378 e. The van der Waals surface area contributed by atoms with Gasteiger partial charge in [0.2, 0.25) is 0 Å². The molecule has 0 amide bonds. The zero-order valence-corrected chi connectivity index (χ0v) is 11.3. The minimum absolute atomic E-state index is 0.0278. The van der Waals surface area contributed by atoms with Crippen molar-refractivity contribution in [3.8, 4) is 10.8 Å². The molecule has 1 N–H and O–H groups in total. The van der Waals surface area contributed by atoms with E-state index in [-0.39, 0.29) is 6.04 Å². The fraction of sp³-hybridized carbons (Fsp3) is 0.400. The number of ether oxygens (including phenoxy) is 1. The van der Waals surface area contributed by atoms with Crippen LogP contribution in [0.5, 0.6) is 0 Å². The molecule has 0 saturated carbocycles. The second kappa shape index (κ2) is 4.85. The summed E-state index contributed by atoms with van der Waals surface area (Å²) in [6.07, 6.45) is 0. The van der Waals surface area contributed by atoms with Crippen molar-refractivity contribution in [2.75, 3.05) is 19.8 Å². The highest BCUT2D eigenvalue weighted by Gasteiger charge is 2.22. The van der Waals surface area contributed by atoms with Crippen LogP contribution in [0.25, 0.3) is 10.8 Å². The highest BCUT2D eigenvalue weighted by molar-refractivity contribution is 9.10. The zero-order chi connectivity index (χ0) is 11.7. The first-order valence-electron chi connectivity index (χ1n) is 5.22. The van der Waals surface area contributed by atoms with Crippen molar-refractivity contribution < 1.29 is 9.26 Å². The van der Waals surface area contributed by atoms with E-state index in [0.717, 1.165) is 22.5 Å². The second-order valence-electron chi connectivity index (χ2n) is 3.64. The van der Waals surface area contributed by atoms with Crippen molar-refractivity contribution in [3.05, 3.63) is 21.7 Å².